The van der Waals surface area contributed by atoms with Crippen molar-refractivity contribution in [1.82, 2.24) is 26.2 Å². The van der Waals surface area contributed by atoms with Gasteiger partial charge in [0.2, 0.25) is 29.5 Å². The number of hydrogen-bond donors (Lipinski definition) is 9. The molecule has 0 aromatic carbocycles. The van der Waals surface area contributed by atoms with Crippen LogP contribution in [0.25, 0.3) is 0 Å². The molecule has 1 rings (SSSR count). The number of amides is 5. The van der Waals surface area contributed by atoms with Crippen molar-refractivity contribution in [2.24, 2.45) is 5.92 Å². The van der Waals surface area contributed by atoms with Gasteiger partial charge in [-0.25, -0.2) is 0 Å². The van der Waals surface area contributed by atoms with Crippen molar-refractivity contribution >= 4 is 44.7 Å². The van der Waals surface area contributed by atoms with Crippen LogP contribution in [0.2, 0.25) is 0 Å². The first-order valence-corrected chi connectivity index (χ1v) is 16.8. The van der Waals surface area contributed by atoms with Gasteiger partial charge in [-0.1, -0.05) is 33.6 Å². The molecule has 242 valence electrons. The van der Waals surface area contributed by atoms with Gasteiger partial charge in [0.05, 0.1) is 13.1 Å². The van der Waals surface area contributed by atoms with Crippen LogP contribution in [0.3, 0.4) is 0 Å². The summed E-state index contributed by atoms with van der Waals surface area (Å²) >= 11 is 0. The first-order chi connectivity index (χ1) is 19.4. The van der Waals surface area contributed by atoms with Gasteiger partial charge in [-0.15, -0.1) is 0 Å². The van der Waals surface area contributed by atoms with Crippen molar-refractivity contribution in [3.63, 3.8) is 0 Å². The molecule has 0 radical (unpaired) electrons. The van der Waals surface area contributed by atoms with Gasteiger partial charge in [0, 0.05) is 25.4 Å². The number of nitrogens with one attached hydrogen (secondary N) is 4. The van der Waals surface area contributed by atoms with Gasteiger partial charge in [-0.05, 0) is 25.7 Å². The third kappa shape index (κ3) is 11.0. The Morgan fingerprint density at radius 2 is 1.55 bits per heavy atom. The second kappa shape index (κ2) is 16.5. The topological polar surface area (TPSA) is 272 Å². The Balaban J connectivity index is 2.73. The first kappa shape index (κ1) is 37.6. The molecule has 2 atom stereocenters. The average Bonchev–Trinajstić information content (AvgIpc) is 3.39. The van der Waals surface area contributed by atoms with Gasteiger partial charge in [0.15, 0.2) is 0 Å². The molecule has 1 fully saturated rings. The van der Waals surface area contributed by atoms with Crippen LogP contribution in [0.15, 0.2) is 0 Å². The van der Waals surface area contributed by atoms with E-state index < -0.39 is 75.4 Å². The van der Waals surface area contributed by atoms with E-state index >= 15 is 0 Å². The molecule has 0 bridgehead atoms. The van der Waals surface area contributed by atoms with Gasteiger partial charge in [-0.2, -0.15) is 0 Å². The quantitative estimate of drug-likeness (QED) is 0.0643. The Hall–Kier alpha value is -2.39. The lowest BCUT2D eigenvalue weighted by Gasteiger charge is -2.29. The highest BCUT2D eigenvalue weighted by Gasteiger charge is 2.58. The minimum absolute atomic E-state index is 0.224. The zero-order chi connectivity index (χ0) is 32.3. The second-order valence-corrected chi connectivity index (χ2v) is 14.4. The van der Waals surface area contributed by atoms with E-state index in [2.05, 4.69) is 21.3 Å². The summed E-state index contributed by atoms with van der Waals surface area (Å²) in [5, 5.41) is 16.2. The Labute approximate surface area is 243 Å². The molecule has 42 heavy (non-hydrogen) atoms. The van der Waals surface area contributed by atoms with E-state index in [1.807, 2.05) is 6.92 Å². The highest BCUT2D eigenvalue weighted by atomic mass is 31.2. The predicted molar refractivity (Wildman–Crippen MR) is 148 cm³/mol. The van der Waals surface area contributed by atoms with Crippen LogP contribution < -0.4 is 21.3 Å². The Bertz CT molecular complexity index is 1050. The Morgan fingerprint density at radius 3 is 2.10 bits per heavy atom. The molecule has 19 heteroatoms. The van der Waals surface area contributed by atoms with Crippen LogP contribution >= 0.6 is 15.2 Å². The summed E-state index contributed by atoms with van der Waals surface area (Å²) in [6.07, 6.45) is 0.876. The number of likely N-dealkylation sites (tertiary alicyclic amines) is 1. The van der Waals surface area contributed by atoms with E-state index in [1.165, 1.54) is 4.90 Å². The Kier molecular flexibility index (Phi) is 14.7. The number of unbranched alkanes of at least 4 members (excludes halogenated alkanes) is 1. The fourth-order valence-corrected chi connectivity index (χ4v) is 6.37. The van der Waals surface area contributed by atoms with Gasteiger partial charge in [0.25, 0.3) is 5.08 Å². The summed E-state index contributed by atoms with van der Waals surface area (Å²) in [5.74, 6) is -2.99. The molecule has 1 heterocycles. The Morgan fingerprint density at radius 1 is 0.929 bits per heavy atom. The van der Waals surface area contributed by atoms with Crippen LogP contribution in [0.5, 0.6) is 0 Å². The second-order valence-electron chi connectivity index (χ2n) is 10.4. The third-order valence-corrected chi connectivity index (χ3v) is 10.5. The standard InChI is InChI=1S/C23H43N5O12P2/c1-4-5-8-16(21(32)24-11-7-10-23(34,41(35,36)37)42(38,39)40)27-22(33)17-9-6-12-28(17)19(30)14-25-18(29)13-26-20(31)15(2)3/h15-17,34H,4-14H2,1-3H3,(H,24,32)(H,25,29)(H,26,31)(H,27,33)(H2,35,36,37)(H2,38,39,40). The third-order valence-electron chi connectivity index (χ3n) is 6.66. The van der Waals surface area contributed by atoms with Crippen LogP contribution in [0.4, 0.5) is 0 Å². The molecule has 0 aromatic heterocycles. The van der Waals surface area contributed by atoms with Crippen LogP contribution in [0.1, 0.15) is 65.7 Å². The molecule has 0 saturated carbocycles. The minimum Gasteiger partial charge on any atom is -0.368 e. The molecular weight excluding hydrogens is 600 g/mol. The van der Waals surface area contributed by atoms with Crippen molar-refractivity contribution in [3.8, 4) is 0 Å². The monoisotopic (exact) mass is 643 g/mol. The number of carbonyl (C=O) groups excluding carboxylic acids is 5. The lowest BCUT2D eigenvalue weighted by Crippen LogP contribution is -2.54. The van der Waals surface area contributed by atoms with Crippen molar-refractivity contribution < 1.29 is 57.8 Å². The van der Waals surface area contributed by atoms with Crippen LogP contribution in [0, 0.1) is 5.92 Å². The molecule has 2 unspecified atom stereocenters. The molecule has 9 N–H and O–H groups in total. The van der Waals surface area contributed by atoms with E-state index in [4.69, 9.17) is 0 Å². The number of aliphatic hydroxyl groups is 1. The van der Waals surface area contributed by atoms with Crippen molar-refractivity contribution in [2.75, 3.05) is 26.2 Å². The summed E-state index contributed by atoms with van der Waals surface area (Å²) in [7, 11) is -11.2. The van der Waals surface area contributed by atoms with Gasteiger partial charge < -0.3 is 50.8 Å². The fourth-order valence-electron chi connectivity index (χ4n) is 4.11. The number of nitrogens with zero attached hydrogens (tertiary/aromatic N) is 1. The van der Waals surface area contributed by atoms with Crippen LogP contribution in [-0.4, -0.2) is 102 Å². The highest BCUT2D eigenvalue weighted by Crippen LogP contribution is 2.69. The van der Waals surface area contributed by atoms with Gasteiger partial charge in [-0.3, -0.25) is 33.1 Å². The van der Waals surface area contributed by atoms with E-state index in [9.17, 15) is 57.8 Å². The molecule has 0 spiro atoms. The molecular formula is C23H43N5O12P2. The van der Waals surface area contributed by atoms with Crippen molar-refractivity contribution in [1.29, 1.82) is 0 Å². The summed E-state index contributed by atoms with van der Waals surface area (Å²) in [6, 6.07) is -1.93. The average molecular weight is 644 g/mol. The molecule has 1 aliphatic rings. The van der Waals surface area contributed by atoms with Crippen molar-refractivity contribution in [3.05, 3.63) is 0 Å². The molecule has 0 aliphatic carbocycles. The molecule has 5 amide bonds. The summed E-state index contributed by atoms with van der Waals surface area (Å²) in [4.78, 5) is 100. The molecule has 17 nitrogen and oxygen atoms in total. The molecule has 1 saturated heterocycles. The van der Waals surface area contributed by atoms with E-state index in [0.29, 0.717) is 25.7 Å². The lowest BCUT2D eigenvalue weighted by atomic mass is 10.1. The summed E-state index contributed by atoms with van der Waals surface area (Å²) in [5.41, 5.74) is 0. The molecule has 0 aromatic rings. The summed E-state index contributed by atoms with van der Waals surface area (Å²) < 4.78 is 23.0. The maximum absolute atomic E-state index is 13.1. The highest BCUT2D eigenvalue weighted by molar-refractivity contribution is 7.72. The zero-order valence-corrected chi connectivity index (χ0v) is 25.7. The maximum Gasteiger partial charge on any atom is 0.369 e. The van der Waals surface area contributed by atoms with E-state index in [1.54, 1.807) is 13.8 Å². The van der Waals surface area contributed by atoms with Crippen LogP contribution in [-0.2, 0) is 33.1 Å². The predicted octanol–water partition coefficient (Wildman–Crippen LogP) is -1.56. The zero-order valence-electron chi connectivity index (χ0n) is 23.9. The maximum atomic E-state index is 13.1. The number of rotatable bonds is 17. The van der Waals surface area contributed by atoms with E-state index in [0.717, 1.165) is 0 Å². The van der Waals surface area contributed by atoms with Crippen molar-refractivity contribution in [2.45, 2.75) is 82.9 Å². The SMILES string of the molecule is CCCCC(NC(=O)C1CCCN1C(=O)CNC(=O)CNC(=O)C(C)C)C(=O)NCCCC(O)(P(=O)(O)O)P(=O)(O)O. The smallest absolute Gasteiger partial charge is 0.368 e. The largest absolute Gasteiger partial charge is 0.369 e. The number of carbonyl (C=O) groups is 5. The normalized spacial score (nSPS) is 16.6. The summed E-state index contributed by atoms with van der Waals surface area (Å²) in [6.45, 7) is 4.43. The molecule has 1 aliphatic heterocycles. The van der Waals surface area contributed by atoms with Gasteiger partial charge in [0.1, 0.15) is 12.1 Å². The van der Waals surface area contributed by atoms with Gasteiger partial charge >= 0.3 is 15.2 Å². The minimum atomic E-state index is -5.62. The number of hydrogen-bond acceptors (Lipinski definition) is 8. The fraction of sp³-hybridized carbons (Fsp3) is 0.783. The van der Waals surface area contributed by atoms with E-state index in [-0.39, 0.29) is 37.9 Å². The lowest BCUT2D eigenvalue weighted by molar-refractivity contribution is -0.139. The first-order valence-electron chi connectivity index (χ1n) is 13.6.